The Hall–Kier alpha value is -0.470. The third kappa shape index (κ3) is 2.69. The predicted octanol–water partition coefficient (Wildman–Crippen LogP) is 3.63. The summed E-state index contributed by atoms with van der Waals surface area (Å²) in [5.41, 5.74) is 5.76. The lowest BCUT2D eigenvalue weighted by Gasteiger charge is -2.25. The van der Waals surface area contributed by atoms with Crippen LogP contribution in [0.4, 0.5) is 0 Å². The average molecular weight is 249 g/mol. The van der Waals surface area contributed by atoms with Crippen LogP contribution in [0.25, 0.3) is 0 Å². The number of benzene rings is 1. The molecular formula is C15H23NS. The molecule has 17 heavy (non-hydrogen) atoms. The summed E-state index contributed by atoms with van der Waals surface area (Å²) >= 11 is 2.09. The first-order chi connectivity index (χ1) is 8.13. The molecule has 1 aromatic rings. The minimum Gasteiger partial charge on any atom is -0.313 e. The highest BCUT2D eigenvalue weighted by Crippen LogP contribution is 2.35. The van der Waals surface area contributed by atoms with Crippen molar-refractivity contribution in [1.82, 2.24) is 5.32 Å². The molecule has 2 rings (SSSR count). The van der Waals surface area contributed by atoms with Crippen LogP contribution < -0.4 is 5.32 Å². The van der Waals surface area contributed by atoms with Gasteiger partial charge in [0.25, 0.3) is 0 Å². The Morgan fingerprint density at radius 3 is 2.47 bits per heavy atom. The van der Waals surface area contributed by atoms with E-state index in [0.29, 0.717) is 6.04 Å². The van der Waals surface area contributed by atoms with Crippen LogP contribution >= 0.6 is 11.8 Å². The summed E-state index contributed by atoms with van der Waals surface area (Å²) in [6.45, 7) is 6.66. The van der Waals surface area contributed by atoms with E-state index in [1.54, 1.807) is 0 Å². The van der Waals surface area contributed by atoms with Crippen LogP contribution in [0.1, 0.15) is 34.7 Å². The molecule has 0 saturated carbocycles. The van der Waals surface area contributed by atoms with Crippen molar-refractivity contribution in [2.45, 2.75) is 33.2 Å². The Morgan fingerprint density at radius 1 is 1.18 bits per heavy atom. The van der Waals surface area contributed by atoms with E-state index in [-0.39, 0.29) is 0 Å². The third-order valence-electron chi connectivity index (χ3n) is 3.96. The second-order valence-electron chi connectivity index (χ2n) is 5.18. The molecule has 1 fully saturated rings. The molecule has 1 heterocycles. The third-order valence-corrected chi connectivity index (χ3v) is 5.15. The first kappa shape index (κ1) is 13.0. The molecule has 94 valence electrons. The van der Waals surface area contributed by atoms with Crippen molar-refractivity contribution >= 4 is 11.8 Å². The van der Waals surface area contributed by atoms with Crippen LogP contribution in [0, 0.1) is 26.7 Å². The standard InChI is InChI=1S/C15H23NS/c1-10-7-12(3)14(8-11(10)2)15(16-4)13-5-6-17-9-13/h7-8,13,15-16H,5-6,9H2,1-4H3. The van der Waals surface area contributed by atoms with Gasteiger partial charge in [-0.15, -0.1) is 0 Å². The van der Waals surface area contributed by atoms with Gasteiger partial charge in [0.05, 0.1) is 0 Å². The maximum absolute atomic E-state index is 3.53. The highest BCUT2D eigenvalue weighted by Gasteiger charge is 2.26. The molecule has 0 radical (unpaired) electrons. The average Bonchev–Trinajstić information content (AvgIpc) is 2.80. The summed E-state index contributed by atoms with van der Waals surface area (Å²) in [6, 6.07) is 5.25. The fourth-order valence-electron chi connectivity index (χ4n) is 2.78. The van der Waals surface area contributed by atoms with Crippen molar-refractivity contribution in [3.63, 3.8) is 0 Å². The van der Waals surface area contributed by atoms with Crippen molar-refractivity contribution in [3.05, 3.63) is 34.4 Å². The molecule has 0 aromatic heterocycles. The zero-order valence-corrected chi connectivity index (χ0v) is 12.2. The molecule has 0 amide bonds. The van der Waals surface area contributed by atoms with Crippen molar-refractivity contribution in [1.29, 1.82) is 0 Å². The lowest BCUT2D eigenvalue weighted by Crippen LogP contribution is -2.26. The molecule has 1 aromatic carbocycles. The van der Waals surface area contributed by atoms with Crippen molar-refractivity contribution < 1.29 is 0 Å². The highest BCUT2D eigenvalue weighted by molar-refractivity contribution is 7.99. The molecule has 1 aliphatic heterocycles. The van der Waals surface area contributed by atoms with Gasteiger partial charge in [0.15, 0.2) is 0 Å². The lowest BCUT2D eigenvalue weighted by molar-refractivity contribution is 0.418. The van der Waals surface area contributed by atoms with E-state index in [1.165, 1.54) is 40.2 Å². The normalized spacial score (nSPS) is 21.8. The second-order valence-corrected chi connectivity index (χ2v) is 6.33. The fraction of sp³-hybridized carbons (Fsp3) is 0.600. The summed E-state index contributed by atoms with van der Waals surface area (Å²) in [4.78, 5) is 0. The van der Waals surface area contributed by atoms with E-state index in [2.05, 4.69) is 57.0 Å². The first-order valence-corrected chi connectivity index (χ1v) is 7.61. The van der Waals surface area contributed by atoms with Crippen LogP contribution in [0.5, 0.6) is 0 Å². The number of thioether (sulfide) groups is 1. The molecule has 0 bridgehead atoms. The monoisotopic (exact) mass is 249 g/mol. The molecule has 2 heteroatoms. The van der Waals surface area contributed by atoms with Crippen LogP contribution in [-0.4, -0.2) is 18.6 Å². The van der Waals surface area contributed by atoms with E-state index in [4.69, 9.17) is 0 Å². The maximum Gasteiger partial charge on any atom is 0.0357 e. The number of hydrogen-bond donors (Lipinski definition) is 1. The Balaban J connectivity index is 2.32. The maximum atomic E-state index is 3.53. The van der Waals surface area contributed by atoms with Crippen molar-refractivity contribution in [2.75, 3.05) is 18.6 Å². The Kier molecular flexibility index (Phi) is 4.16. The predicted molar refractivity (Wildman–Crippen MR) is 77.9 cm³/mol. The summed E-state index contributed by atoms with van der Waals surface area (Å²) in [5, 5.41) is 3.53. The topological polar surface area (TPSA) is 12.0 Å². The van der Waals surface area contributed by atoms with Crippen molar-refractivity contribution in [3.8, 4) is 0 Å². The van der Waals surface area contributed by atoms with Crippen molar-refractivity contribution in [2.24, 2.45) is 5.92 Å². The van der Waals surface area contributed by atoms with Gasteiger partial charge in [-0.1, -0.05) is 12.1 Å². The summed E-state index contributed by atoms with van der Waals surface area (Å²) in [6.07, 6.45) is 1.35. The zero-order valence-electron chi connectivity index (χ0n) is 11.3. The van der Waals surface area contributed by atoms with E-state index in [1.807, 2.05) is 0 Å². The van der Waals surface area contributed by atoms with Gasteiger partial charge in [-0.25, -0.2) is 0 Å². The SMILES string of the molecule is CNC(c1cc(C)c(C)cc1C)C1CCSC1. The molecule has 2 atom stereocenters. The quantitative estimate of drug-likeness (QED) is 0.878. The highest BCUT2D eigenvalue weighted by atomic mass is 32.2. The largest absolute Gasteiger partial charge is 0.313 e. The van der Waals surface area contributed by atoms with E-state index in [0.717, 1.165) is 5.92 Å². The smallest absolute Gasteiger partial charge is 0.0357 e. The summed E-state index contributed by atoms with van der Waals surface area (Å²) in [7, 11) is 2.10. The van der Waals surface area contributed by atoms with E-state index in [9.17, 15) is 0 Å². The Bertz CT molecular complexity index is 394. The van der Waals surface area contributed by atoms with Gasteiger partial charge in [-0.05, 0) is 73.9 Å². The Labute approximate surface area is 109 Å². The van der Waals surface area contributed by atoms with E-state index >= 15 is 0 Å². The van der Waals surface area contributed by atoms with Crippen LogP contribution in [0.3, 0.4) is 0 Å². The number of nitrogens with one attached hydrogen (secondary N) is 1. The molecule has 0 aliphatic carbocycles. The fourth-order valence-corrected chi connectivity index (χ4v) is 4.08. The zero-order chi connectivity index (χ0) is 12.4. The molecule has 0 spiro atoms. The molecule has 1 nitrogen and oxygen atoms in total. The van der Waals surface area contributed by atoms with Crippen LogP contribution in [-0.2, 0) is 0 Å². The molecule has 1 saturated heterocycles. The van der Waals surface area contributed by atoms with Gasteiger partial charge in [0, 0.05) is 6.04 Å². The Morgan fingerprint density at radius 2 is 1.88 bits per heavy atom. The minimum absolute atomic E-state index is 0.532. The van der Waals surface area contributed by atoms with Crippen LogP contribution in [0.15, 0.2) is 12.1 Å². The van der Waals surface area contributed by atoms with Gasteiger partial charge in [0.2, 0.25) is 0 Å². The van der Waals surface area contributed by atoms with Gasteiger partial charge in [-0.2, -0.15) is 11.8 Å². The molecular weight excluding hydrogens is 226 g/mol. The number of hydrogen-bond acceptors (Lipinski definition) is 2. The van der Waals surface area contributed by atoms with Gasteiger partial charge < -0.3 is 5.32 Å². The van der Waals surface area contributed by atoms with Gasteiger partial charge in [-0.3, -0.25) is 0 Å². The lowest BCUT2D eigenvalue weighted by atomic mass is 9.88. The molecule has 2 unspecified atom stereocenters. The minimum atomic E-state index is 0.532. The molecule has 1 aliphatic rings. The molecule has 1 N–H and O–H groups in total. The van der Waals surface area contributed by atoms with Gasteiger partial charge >= 0.3 is 0 Å². The summed E-state index contributed by atoms with van der Waals surface area (Å²) in [5.74, 6) is 3.43. The second kappa shape index (κ2) is 5.45. The number of rotatable bonds is 3. The van der Waals surface area contributed by atoms with E-state index < -0.39 is 0 Å². The summed E-state index contributed by atoms with van der Waals surface area (Å²) < 4.78 is 0. The van der Waals surface area contributed by atoms with Crippen LogP contribution in [0.2, 0.25) is 0 Å². The first-order valence-electron chi connectivity index (χ1n) is 6.46. The number of aryl methyl sites for hydroxylation is 3. The van der Waals surface area contributed by atoms with Gasteiger partial charge in [0.1, 0.15) is 0 Å².